The maximum atomic E-state index is 6.19. The quantitative estimate of drug-likeness (QED) is 0.845. The second-order valence-electron chi connectivity index (χ2n) is 4.81. The number of nitrogens with zero attached hydrogens (tertiary/aromatic N) is 2. The minimum absolute atomic E-state index is 0.156. The van der Waals surface area contributed by atoms with Crippen LogP contribution in [0.2, 0.25) is 0 Å². The molecule has 4 heteroatoms. The molecule has 2 heterocycles. The summed E-state index contributed by atoms with van der Waals surface area (Å²) in [5.41, 5.74) is 1.06. The molecule has 0 bridgehead atoms. The lowest BCUT2D eigenvalue weighted by atomic mass is 10.1. The van der Waals surface area contributed by atoms with Gasteiger partial charge in [0.15, 0.2) is 0 Å². The van der Waals surface area contributed by atoms with Crippen LogP contribution in [0, 0.1) is 0 Å². The van der Waals surface area contributed by atoms with E-state index in [1.807, 2.05) is 29.0 Å². The molecular formula is C15H18N2O2. The average molecular weight is 258 g/mol. The Labute approximate surface area is 113 Å². The number of hydrogen-bond donors (Lipinski definition) is 0. The first-order valence-electron chi connectivity index (χ1n) is 6.65. The van der Waals surface area contributed by atoms with Gasteiger partial charge in [0.2, 0.25) is 5.79 Å². The third kappa shape index (κ3) is 2.41. The summed E-state index contributed by atoms with van der Waals surface area (Å²) in [6.07, 6.45) is 6.60. The molecule has 4 nitrogen and oxygen atoms in total. The van der Waals surface area contributed by atoms with Gasteiger partial charge in [-0.25, -0.2) is 4.98 Å². The van der Waals surface area contributed by atoms with Crippen LogP contribution in [0.3, 0.4) is 0 Å². The Morgan fingerprint density at radius 3 is 2.84 bits per heavy atom. The Balaban J connectivity index is 1.92. The van der Waals surface area contributed by atoms with E-state index in [1.165, 1.54) is 0 Å². The lowest BCUT2D eigenvalue weighted by Gasteiger charge is -2.29. The van der Waals surface area contributed by atoms with Gasteiger partial charge >= 0.3 is 0 Å². The third-order valence-corrected chi connectivity index (χ3v) is 3.48. The number of aromatic nitrogens is 2. The number of benzene rings is 1. The van der Waals surface area contributed by atoms with E-state index < -0.39 is 5.79 Å². The fourth-order valence-corrected chi connectivity index (χ4v) is 2.40. The molecule has 2 unspecified atom stereocenters. The van der Waals surface area contributed by atoms with Crippen LogP contribution in [0.4, 0.5) is 0 Å². The second-order valence-corrected chi connectivity index (χ2v) is 4.81. The molecule has 0 radical (unpaired) electrons. The highest BCUT2D eigenvalue weighted by Gasteiger charge is 2.42. The topological polar surface area (TPSA) is 36.3 Å². The van der Waals surface area contributed by atoms with Crippen LogP contribution in [0.5, 0.6) is 0 Å². The second kappa shape index (κ2) is 5.15. The third-order valence-electron chi connectivity index (χ3n) is 3.48. The van der Waals surface area contributed by atoms with Crippen molar-refractivity contribution >= 4 is 0 Å². The highest BCUT2D eigenvalue weighted by molar-refractivity contribution is 5.21. The molecule has 0 amide bonds. The van der Waals surface area contributed by atoms with Crippen molar-refractivity contribution in [1.82, 2.24) is 9.55 Å². The zero-order valence-corrected chi connectivity index (χ0v) is 11.0. The van der Waals surface area contributed by atoms with Gasteiger partial charge in [0.05, 0.1) is 25.6 Å². The van der Waals surface area contributed by atoms with Crippen molar-refractivity contribution in [3.63, 3.8) is 0 Å². The Kier molecular flexibility index (Phi) is 3.36. The van der Waals surface area contributed by atoms with E-state index in [2.05, 4.69) is 24.0 Å². The zero-order valence-electron chi connectivity index (χ0n) is 11.0. The van der Waals surface area contributed by atoms with Crippen molar-refractivity contribution in [2.45, 2.75) is 31.8 Å². The van der Waals surface area contributed by atoms with E-state index in [9.17, 15) is 0 Å². The fourth-order valence-electron chi connectivity index (χ4n) is 2.40. The molecule has 1 saturated heterocycles. The average Bonchev–Trinajstić information content (AvgIpc) is 3.10. The molecule has 100 valence electrons. The first kappa shape index (κ1) is 12.4. The first-order valence-corrected chi connectivity index (χ1v) is 6.65. The van der Waals surface area contributed by atoms with E-state index in [-0.39, 0.29) is 6.10 Å². The molecule has 0 N–H and O–H groups in total. The molecule has 1 aromatic heterocycles. The van der Waals surface area contributed by atoms with Crippen molar-refractivity contribution in [3.05, 3.63) is 54.6 Å². The standard InChI is InChI=1S/C15H18N2O2/c1-2-14-10-18-15(19-14,11-17-9-8-16-12-17)13-6-4-3-5-7-13/h3-9,12,14H,2,10-11H2,1H3. The monoisotopic (exact) mass is 258 g/mol. The van der Waals surface area contributed by atoms with E-state index in [1.54, 1.807) is 12.5 Å². The minimum atomic E-state index is -0.692. The molecule has 3 rings (SSSR count). The molecule has 19 heavy (non-hydrogen) atoms. The molecule has 0 aliphatic carbocycles. The van der Waals surface area contributed by atoms with Gasteiger partial charge in [-0.2, -0.15) is 0 Å². The number of hydrogen-bond acceptors (Lipinski definition) is 3. The van der Waals surface area contributed by atoms with E-state index in [0.29, 0.717) is 13.2 Å². The van der Waals surface area contributed by atoms with Gasteiger partial charge in [0.25, 0.3) is 0 Å². The van der Waals surface area contributed by atoms with Crippen LogP contribution < -0.4 is 0 Å². The van der Waals surface area contributed by atoms with Gasteiger partial charge in [-0.15, -0.1) is 0 Å². The van der Waals surface area contributed by atoms with Gasteiger partial charge in [-0.1, -0.05) is 37.3 Å². The van der Waals surface area contributed by atoms with Crippen LogP contribution in [-0.4, -0.2) is 22.3 Å². The van der Waals surface area contributed by atoms with E-state index in [4.69, 9.17) is 9.47 Å². The summed E-state index contributed by atoms with van der Waals surface area (Å²) in [7, 11) is 0. The summed E-state index contributed by atoms with van der Waals surface area (Å²) >= 11 is 0. The number of ether oxygens (including phenoxy) is 2. The van der Waals surface area contributed by atoms with Crippen molar-refractivity contribution in [1.29, 1.82) is 0 Å². The van der Waals surface area contributed by atoms with E-state index in [0.717, 1.165) is 12.0 Å². The Hall–Kier alpha value is -1.65. The number of rotatable bonds is 4. The summed E-state index contributed by atoms with van der Waals surface area (Å²) in [6.45, 7) is 3.37. The molecule has 1 aliphatic rings. The largest absolute Gasteiger partial charge is 0.342 e. The summed E-state index contributed by atoms with van der Waals surface area (Å²) in [6, 6.07) is 10.1. The van der Waals surface area contributed by atoms with E-state index >= 15 is 0 Å². The highest BCUT2D eigenvalue weighted by atomic mass is 16.7. The summed E-state index contributed by atoms with van der Waals surface area (Å²) in [5, 5.41) is 0. The lowest BCUT2D eigenvalue weighted by molar-refractivity contribution is -0.187. The van der Waals surface area contributed by atoms with Crippen molar-refractivity contribution in [2.24, 2.45) is 0 Å². The van der Waals surface area contributed by atoms with Crippen LogP contribution >= 0.6 is 0 Å². The molecule has 0 saturated carbocycles. The molecule has 0 spiro atoms. The van der Waals surface area contributed by atoms with Crippen LogP contribution in [0.15, 0.2) is 49.1 Å². The van der Waals surface area contributed by atoms with Crippen LogP contribution in [0.1, 0.15) is 18.9 Å². The Morgan fingerprint density at radius 1 is 1.37 bits per heavy atom. The number of imidazole rings is 1. The summed E-state index contributed by atoms with van der Waals surface area (Å²) in [4.78, 5) is 4.08. The van der Waals surface area contributed by atoms with Gasteiger partial charge in [0, 0.05) is 18.0 Å². The summed E-state index contributed by atoms with van der Waals surface area (Å²) in [5.74, 6) is -0.692. The van der Waals surface area contributed by atoms with Gasteiger partial charge in [-0.05, 0) is 6.42 Å². The summed E-state index contributed by atoms with van der Waals surface area (Å²) < 4.78 is 14.2. The predicted octanol–water partition coefficient (Wildman–Crippen LogP) is 2.56. The lowest BCUT2D eigenvalue weighted by Crippen LogP contribution is -2.33. The SMILES string of the molecule is CCC1COC(Cn2ccnc2)(c2ccccc2)O1. The van der Waals surface area contributed by atoms with Crippen LogP contribution in [0.25, 0.3) is 0 Å². The zero-order chi connectivity index (χ0) is 13.1. The van der Waals surface area contributed by atoms with Gasteiger partial charge < -0.3 is 14.0 Å². The smallest absolute Gasteiger partial charge is 0.213 e. The molecular weight excluding hydrogens is 240 g/mol. The fraction of sp³-hybridized carbons (Fsp3) is 0.400. The molecule has 1 aliphatic heterocycles. The van der Waals surface area contributed by atoms with Crippen molar-refractivity contribution in [3.8, 4) is 0 Å². The molecule has 1 fully saturated rings. The van der Waals surface area contributed by atoms with Crippen molar-refractivity contribution in [2.75, 3.05) is 6.61 Å². The van der Waals surface area contributed by atoms with Gasteiger partial charge in [0.1, 0.15) is 0 Å². The normalized spacial score (nSPS) is 26.7. The Morgan fingerprint density at radius 2 is 2.21 bits per heavy atom. The Bertz CT molecular complexity index is 512. The highest BCUT2D eigenvalue weighted by Crippen LogP contribution is 2.36. The van der Waals surface area contributed by atoms with Crippen LogP contribution in [-0.2, 0) is 21.8 Å². The van der Waals surface area contributed by atoms with Crippen molar-refractivity contribution < 1.29 is 9.47 Å². The minimum Gasteiger partial charge on any atom is -0.342 e. The molecule has 1 aromatic carbocycles. The predicted molar refractivity (Wildman–Crippen MR) is 71.5 cm³/mol. The van der Waals surface area contributed by atoms with Gasteiger partial charge in [-0.3, -0.25) is 0 Å². The first-order chi connectivity index (χ1) is 9.32. The maximum absolute atomic E-state index is 6.19. The molecule has 2 aromatic rings. The molecule has 2 atom stereocenters. The maximum Gasteiger partial charge on any atom is 0.213 e.